The van der Waals surface area contributed by atoms with E-state index in [1.165, 1.54) is 7.11 Å². The normalized spacial score (nSPS) is 24.6. The number of hydrogen-bond acceptors (Lipinski definition) is 4. The first-order valence-corrected chi connectivity index (χ1v) is 6.99. The highest BCUT2D eigenvalue weighted by molar-refractivity contribution is 5.30. The van der Waals surface area contributed by atoms with E-state index >= 15 is 0 Å². The van der Waals surface area contributed by atoms with Gasteiger partial charge >= 0.3 is 6.18 Å². The Balaban J connectivity index is 2.10. The predicted octanol–water partition coefficient (Wildman–Crippen LogP) is 2.96. The molecule has 1 saturated carbocycles. The van der Waals surface area contributed by atoms with Gasteiger partial charge in [-0.05, 0) is 43.7 Å². The number of hydrogen-bond donors (Lipinski definition) is 2. The molecule has 1 heterocycles. The van der Waals surface area contributed by atoms with E-state index in [9.17, 15) is 13.2 Å². The number of alkyl halides is 3. The van der Waals surface area contributed by atoms with Crippen molar-refractivity contribution in [1.29, 1.82) is 0 Å². The second-order valence-electron chi connectivity index (χ2n) is 5.39. The van der Waals surface area contributed by atoms with Crippen molar-refractivity contribution < 1.29 is 17.9 Å². The van der Waals surface area contributed by atoms with Crippen LogP contribution >= 0.6 is 0 Å². The predicted molar refractivity (Wildman–Crippen MR) is 72.4 cm³/mol. The second kappa shape index (κ2) is 6.62. The molecule has 4 nitrogen and oxygen atoms in total. The van der Waals surface area contributed by atoms with Crippen molar-refractivity contribution in [1.82, 2.24) is 10.4 Å². The Hall–Kier alpha value is -1.34. The number of methoxy groups -OCH3 is 1. The van der Waals surface area contributed by atoms with Gasteiger partial charge in [-0.1, -0.05) is 0 Å². The molecule has 3 N–H and O–H groups in total. The highest BCUT2D eigenvalue weighted by Gasteiger charge is 2.43. The molecule has 118 valence electrons. The molecule has 0 saturated heterocycles. The fraction of sp³-hybridized carbons (Fsp3) is 0.643. The number of nitrogens with one attached hydrogen (secondary N) is 1. The average molecular weight is 303 g/mol. The zero-order chi connectivity index (χ0) is 15.5. The maximum atomic E-state index is 12.7. The lowest BCUT2D eigenvalue weighted by Crippen LogP contribution is -2.37. The van der Waals surface area contributed by atoms with E-state index in [1.54, 1.807) is 18.3 Å². The molecule has 1 unspecified atom stereocenters. The molecule has 0 spiro atoms. The van der Waals surface area contributed by atoms with Gasteiger partial charge in [-0.3, -0.25) is 16.3 Å². The van der Waals surface area contributed by atoms with E-state index in [0.29, 0.717) is 24.3 Å². The van der Waals surface area contributed by atoms with Gasteiger partial charge in [-0.25, -0.2) is 0 Å². The lowest BCUT2D eigenvalue weighted by atomic mass is 9.77. The summed E-state index contributed by atoms with van der Waals surface area (Å²) in [6.45, 7) is 0. The fourth-order valence-corrected chi connectivity index (χ4v) is 3.03. The summed E-state index contributed by atoms with van der Waals surface area (Å²) in [5.41, 5.74) is 3.34. The molecule has 0 radical (unpaired) electrons. The Morgan fingerprint density at radius 2 is 2.00 bits per heavy atom. The molecule has 0 aliphatic heterocycles. The van der Waals surface area contributed by atoms with Crippen molar-refractivity contribution >= 4 is 0 Å². The summed E-state index contributed by atoms with van der Waals surface area (Å²) in [5, 5.41) is 0. The minimum Gasteiger partial charge on any atom is -0.495 e. The van der Waals surface area contributed by atoms with Crippen molar-refractivity contribution in [3.63, 3.8) is 0 Å². The van der Waals surface area contributed by atoms with Crippen LogP contribution in [0, 0.1) is 11.8 Å². The van der Waals surface area contributed by atoms with E-state index in [2.05, 4.69) is 10.4 Å². The van der Waals surface area contributed by atoms with Gasteiger partial charge in [0.25, 0.3) is 0 Å². The van der Waals surface area contributed by atoms with Crippen LogP contribution < -0.4 is 16.0 Å². The van der Waals surface area contributed by atoms with Crippen LogP contribution in [-0.2, 0) is 0 Å². The standard InChI is InChI=1S/C14H20F3N3O/c1-21-11-3-2-8-19-13(11)12(20-18)9-4-6-10(7-5-9)14(15,16)17/h2-3,8-10,12,20H,4-7,18H2,1H3. The van der Waals surface area contributed by atoms with E-state index < -0.39 is 12.1 Å². The van der Waals surface area contributed by atoms with Crippen molar-refractivity contribution in [2.45, 2.75) is 37.9 Å². The van der Waals surface area contributed by atoms with Crippen LogP contribution in [-0.4, -0.2) is 18.3 Å². The summed E-state index contributed by atoms with van der Waals surface area (Å²) in [5.74, 6) is 5.04. The molecule has 1 aliphatic carbocycles. The minimum atomic E-state index is -4.10. The highest BCUT2D eigenvalue weighted by Crippen LogP contribution is 2.43. The molecule has 1 aromatic heterocycles. The van der Waals surface area contributed by atoms with Crippen LogP contribution in [0.15, 0.2) is 18.3 Å². The maximum absolute atomic E-state index is 12.7. The van der Waals surface area contributed by atoms with E-state index in [4.69, 9.17) is 10.6 Å². The van der Waals surface area contributed by atoms with Crippen LogP contribution in [0.25, 0.3) is 0 Å². The van der Waals surface area contributed by atoms with Gasteiger partial charge in [0.05, 0.1) is 19.1 Å². The molecule has 21 heavy (non-hydrogen) atoms. The molecule has 0 bridgehead atoms. The summed E-state index contributed by atoms with van der Waals surface area (Å²) < 4.78 is 43.4. The Morgan fingerprint density at radius 1 is 1.33 bits per heavy atom. The molecular formula is C14H20F3N3O. The highest BCUT2D eigenvalue weighted by atomic mass is 19.4. The van der Waals surface area contributed by atoms with Gasteiger partial charge < -0.3 is 4.74 Å². The first kappa shape index (κ1) is 16.0. The molecule has 1 fully saturated rings. The van der Waals surface area contributed by atoms with Gasteiger partial charge in [0, 0.05) is 6.20 Å². The number of halogens is 3. The largest absolute Gasteiger partial charge is 0.495 e. The third kappa shape index (κ3) is 3.65. The summed E-state index contributed by atoms with van der Waals surface area (Å²) in [4.78, 5) is 4.27. The molecule has 1 atom stereocenters. The summed E-state index contributed by atoms with van der Waals surface area (Å²) in [6, 6.07) is 3.22. The van der Waals surface area contributed by atoms with Crippen molar-refractivity contribution in [2.24, 2.45) is 17.7 Å². The van der Waals surface area contributed by atoms with Crippen molar-refractivity contribution in [2.75, 3.05) is 7.11 Å². The van der Waals surface area contributed by atoms with E-state index in [0.717, 1.165) is 0 Å². The van der Waals surface area contributed by atoms with Gasteiger partial charge in [-0.15, -0.1) is 0 Å². The van der Waals surface area contributed by atoms with Crippen LogP contribution in [0.4, 0.5) is 13.2 Å². The van der Waals surface area contributed by atoms with Crippen molar-refractivity contribution in [3.8, 4) is 5.75 Å². The molecule has 1 aromatic rings. The number of nitrogens with two attached hydrogens (primary N) is 1. The number of ether oxygens (including phenoxy) is 1. The van der Waals surface area contributed by atoms with Crippen LogP contribution in [0.2, 0.25) is 0 Å². The van der Waals surface area contributed by atoms with E-state index in [1.807, 2.05) is 0 Å². The zero-order valence-electron chi connectivity index (χ0n) is 11.9. The topological polar surface area (TPSA) is 60.2 Å². The number of rotatable bonds is 4. The van der Waals surface area contributed by atoms with Crippen LogP contribution in [0.1, 0.15) is 37.4 Å². The Bertz CT molecular complexity index is 459. The SMILES string of the molecule is COc1cccnc1C(NN)C1CCC(C(F)(F)F)CC1. The van der Waals surface area contributed by atoms with Gasteiger partial charge in [0.2, 0.25) is 0 Å². The molecule has 1 aliphatic rings. The number of hydrazine groups is 1. The van der Waals surface area contributed by atoms with Crippen molar-refractivity contribution in [3.05, 3.63) is 24.0 Å². The van der Waals surface area contributed by atoms with Gasteiger partial charge in [0.1, 0.15) is 11.4 Å². The smallest absolute Gasteiger partial charge is 0.391 e. The number of aromatic nitrogens is 1. The molecular weight excluding hydrogens is 283 g/mol. The molecule has 2 rings (SSSR count). The lowest BCUT2D eigenvalue weighted by molar-refractivity contribution is -0.184. The monoisotopic (exact) mass is 303 g/mol. The summed E-state index contributed by atoms with van der Waals surface area (Å²) in [7, 11) is 1.54. The Labute approximate surface area is 121 Å². The number of nitrogens with zero attached hydrogens (tertiary/aromatic N) is 1. The average Bonchev–Trinajstić information content (AvgIpc) is 2.48. The third-order valence-corrected chi connectivity index (χ3v) is 4.20. The number of pyridine rings is 1. The zero-order valence-corrected chi connectivity index (χ0v) is 11.9. The lowest BCUT2D eigenvalue weighted by Gasteiger charge is -2.34. The molecule has 7 heteroatoms. The minimum absolute atomic E-state index is 0.0254. The van der Waals surface area contributed by atoms with Gasteiger partial charge in [0.15, 0.2) is 0 Å². The van der Waals surface area contributed by atoms with Crippen LogP contribution in [0.5, 0.6) is 5.75 Å². The maximum Gasteiger partial charge on any atom is 0.391 e. The summed E-state index contributed by atoms with van der Waals surface area (Å²) in [6.07, 6.45) is -1.25. The third-order valence-electron chi connectivity index (χ3n) is 4.20. The first-order chi connectivity index (χ1) is 9.97. The van der Waals surface area contributed by atoms with Crippen LogP contribution in [0.3, 0.4) is 0 Å². The van der Waals surface area contributed by atoms with E-state index in [-0.39, 0.29) is 24.8 Å². The quantitative estimate of drug-likeness (QED) is 0.663. The first-order valence-electron chi connectivity index (χ1n) is 6.99. The Morgan fingerprint density at radius 3 is 2.52 bits per heavy atom. The second-order valence-corrected chi connectivity index (χ2v) is 5.39. The molecule has 0 aromatic carbocycles. The fourth-order valence-electron chi connectivity index (χ4n) is 3.03. The molecule has 0 amide bonds. The van der Waals surface area contributed by atoms with Gasteiger partial charge in [-0.2, -0.15) is 13.2 Å². The Kier molecular flexibility index (Phi) is 5.05. The summed E-state index contributed by atoms with van der Waals surface area (Å²) >= 11 is 0.